The van der Waals surface area contributed by atoms with Crippen LogP contribution in [-0.4, -0.2) is 31.7 Å². The average molecular weight is 372 g/mol. The largest absolute Gasteiger partial charge is 0.352 e. The Bertz CT molecular complexity index is 853. The Hall–Kier alpha value is -2.18. The van der Waals surface area contributed by atoms with E-state index in [0.29, 0.717) is 25.9 Å². The van der Waals surface area contributed by atoms with Gasteiger partial charge in [-0.3, -0.25) is 4.79 Å². The standard InChI is InChI=1S/C20H24N2O3S/c1-20(19(23)21-15-17-9-4-2-5-10-17)13-8-14-22(16-20)26(24,25)18-11-6-3-7-12-18/h2-7,9-12H,8,13-16H2,1H3,(H,21,23)/t20-/m0/s1. The molecule has 2 aromatic rings. The van der Waals surface area contributed by atoms with Crippen molar-refractivity contribution in [2.45, 2.75) is 31.2 Å². The minimum Gasteiger partial charge on any atom is -0.352 e. The number of benzene rings is 2. The van der Waals surface area contributed by atoms with Crippen molar-refractivity contribution in [1.82, 2.24) is 9.62 Å². The third-order valence-electron chi connectivity index (χ3n) is 4.89. The fraction of sp³-hybridized carbons (Fsp3) is 0.350. The van der Waals surface area contributed by atoms with Gasteiger partial charge in [0.15, 0.2) is 0 Å². The summed E-state index contributed by atoms with van der Waals surface area (Å²) in [5.41, 5.74) is 0.295. The maximum absolute atomic E-state index is 12.9. The molecule has 138 valence electrons. The molecule has 0 saturated carbocycles. The molecule has 6 heteroatoms. The molecule has 1 heterocycles. The number of nitrogens with one attached hydrogen (secondary N) is 1. The molecule has 1 N–H and O–H groups in total. The Morgan fingerprint density at radius 2 is 1.69 bits per heavy atom. The molecule has 0 unspecified atom stereocenters. The molecule has 0 aromatic heterocycles. The van der Waals surface area contributed by atoms with E-state index in [-0.39, 0.29) is 17.3 Å². The summed E-state index contributed by atoms with van der Waals surface area (Å²) in [5, 5.41) is 2.96. The lowest BCUT2D eigenvalue weighted by Crippen LogP contribution is -2.51. The summed E-state index contributed by atoms with van der Waals surface area (Å²) in [6.45, 7) is 2.93. The van der Waals surface area contributed by atoms with Gasteiger partial charge in [0.25, 0.3) is 0 Å². The number of carbonyl (C=O) groups excluding carboxylic acids is 1. The summed E-state index contributed by atoms with van der Waals surface area (Å²) < 4.78 is 27.2. The number of sulfonamides is 1. The molecule has 3 rings (SSSR count). The van der Waals surface area contributed by atoms with Crippen LogP contribution in [0.3, 0.4) is 0 Å². The third kappa shape index (κ3) is 3.97. The van der Waals surface area contributed by atoms with E-state index in [1.54, 1.807) is 30.3 Å². The predicted octanol–water partition coefficient (Wildman–Crippen LogP) is 2.79. The molecule has 1 saturated heterocycles. The van der Waals surface area contributed by atoms with Crippen LogP contribution in [0.4, 0.5) is 0 Å². The molecule has 1 aliphatic rings. The highest BCUT2D eigenvalue weighted by molar-refractivity contribution is 7.89. The Morgan fingerprint density at radius 3 is 2.35 bits per heavy atom. The Kier molecular flexibility index (Phi) is 5.44. The van der Waals surface area contributed by atoms with Crippen LogP contribution in [0.15, 0.2) is 65.6 Å². The quantitative estimate of drug-likeness (QED) is 0.878. The molecule has 1 atom stereocenters. The highest BCUT2D eigenvalue weighted by atomic mass is 32.2. The van der Waals surface area contributed by atoms with E-state index in [0.717, 1.165) is 5.56 Å². The van der Waals surface area contributed by atoms with E-state index in [9.17, 15) is 13.2 Å². The minimum absolute atomic E-state index is 0.102. The zero-order chi connectivity index (χ0) is 18.6. The van der Waals surface area contributed by atoms with Crippen molar-refractivity contribution >= 4 is 15.9 Å². The molecular weight excluding hydrogens is 348 g/mol. The van der Waals surface area contributed by atoms with Crippen molar-refractivity contribution in [1.29, 1.82) is 0 Å². The SMILES string of the molecule is C[C@]1(C(=O)NCc2ccccc2)CCCN(S(=O)(=O)c2ccccc2)C1. The van der Waals surface area contributed by atoms with Crippen LogP contribution in [0.5, 0.6) is 0 Å². The summed E-state index contributed by atoms with van der Waals surface area (Å²) in [5.74, 6) is -0.102. The molecule has 0 aliphatic carbocycles. The molecule has 26 heavy (non-hydrogen) atoms. The zero-order valence-corrected chi connectivity index (χ0v) is 15.7. The first kappa shape index (κ1) is 18.6. The summed E-state index contributed by atoms with van der Waals surface area (Å²) in [6, 6.07) is 18.1. The van der Waals surface area contributed by atoms with Crippen LogP contribution in [0, 0.1) is 5.41 Å². The van der Waals surface area contributed by atoms with Crippen LogP contribution in [0.2, 0.25) is 0 Å². The van der Waals surface area contributed by atoms with Crippen molar-refractivity contribution < 1.29 is 13.2 Å². The summed E-state index contributed by atoms with van der Waals surface area (Å²) in [4.78, 5) is 13.0. The Morgan fingerprint density at radius 1 is 1.08 bits per heavy atom. The highest BCUT2D eigenvalue weighted by Gasteiger charge is 2.41. The number of carbonyl (C=O) groups is 1. The van der Waals surface area contributed by atoms with Gasteiger partial charge in [0, 0.05) is 19.6 Å². The maximum atomic E-state index is 12.9. The van der Waals surface area contributed by atoms with Gasteiger partial charge in [-0.25, -0.2) is 8.42 Å². The zero-order valence-electron chi connectivity index (χ0n) is 14.9. The second-order valence-electron chi connectivity index (χ2n) is 6.98. The first-order valence-electron chi connectivity index (χ1n) is 8.79. The summed E-state index contributed by atoms with van der Waals surface area (Å²) in [7, 11) is -3.58. The van der Waals surface area contributed by atoms with Gasteiger partial charge in [-0.1, -0.05) is 48.5 Å². The van der Waals surface area contributed by atoms with Gasteiger partial charge in [0.2, 0.25) is 15.9 Å². The Balaban J connectivity index is 1.71. The van der Waals surface area contributed by atoms with Crippen LogP contribution in [-0.2, 0) is 21.4 Å². The van der Waals surface area contributed by atoms with Gasteiger partial charge in [-0.15, -0.1) is 0 Å². The number of piperidine rings is 1. The monoisotopic (exact) mass is 372 g/mol. The third-order valence-corrected chi connectivity index (χ3v) is 6.75. The van der Waals surface area contributed by atoms with Crippen LogP contribution in [0.1, 0.15) is 25.3 Å². The van der Waals surface area contributed by atoms with Crippen LogP contribution < -0.4 is 5.32 Å². The van der Waals surface area contributed by atoms with Crippen LogP contribution >= 0.6 is 0 Å². The number of hydrogen-bond donors (Lipinski definition) is 1. The Labute approximate surface area is 155 Å². The fourth-order valence-electron chi connectivity index (χ4n) is 3.32. The lowest BCUT2D eigenvalue weighted by Gasteiger charge is -2.38. The van der Waals surface area contributed by atoms with E-state index in [1.807, 2.05) is 37.3 Å². The number of nitrogens with zero attached hydrogens (tertiary/aromatic N) is 1. The van der Waals surface area contributed by atoms with E-state index < -0.39 is 15.4 Å². The van der Waals surface area contributed by atoms with E-state index >= 15 is 0 Å². The lowest BCUT2D eigenvalue weighted by molar-refractivity contribution is -0.132. The second-order valence-corrected chi connectivity index (χ2v) is 8.92. The molecule has 0 bridgehead atoms. The van der Waals surface area contributed by atoms with Gasteiger partial charge in [0.05, 0.1) is 10.3 Å². The molecule has 0 radical (unpaired) electrons. The summed E-state index contributed by atoms with van der Waals surface area (Å²) in [6.07, 6.45) is 1.34. The first-order valence-corrected chi connectivity index (χ1v) is 10.2. The van der Waals surface area contributed by atoms with E-state index in [4.69, 9.17) is 0 Å². The number of amides is 1. The van der Waals surface area contributed by atoms with E-state index in [1.165, 1.54) is 4.31 Å². The molecule has 1 aliphatic heterocycles. The van der Waals surface area contributed by atoms with Crippen LogP contribution in [0.25, 0.3) is 0 Å². The molecule has 0 spiro atoms. The number of rotatable bonds is 5. The summed E-state index contributed by atoms with van der Waals surface area (Å²) >= 11 is 0. The van der Waals surface area contributed by atoms with Crippen molar-refractivity contribution in [3.8, 4) is 0 Å². The first-order chi connectivity index (χ1) is 12.4. The smallest absolute Gasteiger partial charge is 0.243 e. The van der Waals surface area contributed by atoms with Gasteiger partial charge in [-0.2, -0.15) is 4.31 Å². The fourth-order valence-corrected chi connectivity index (χ4v) is 4.94. The minimum atomic E-state index is -3.58. The normalized spacial score (nSPS) is 21.3. The van der Waals surface area contributed by atoms with Crippen molar-refractivity contribution in [3.05, 3.63) is 66.2 Å². The highest BCUT2D eigenvalue weighted by Crippen LogP contribution is 2.32. The molecule has 2 aromatic carbocycles. The lowest BCUT2D eigenvalue weighted by atomic mass is 9.82. The topological polar surface area (TPSA) is 66.5 Å². The molecule has 5 nitrogen and oxygen atoms in total. The predicted molar refractivity (Wildman–Crippen MR) is 101 cm³/mol. The number of hydrogen-bond acceptors (Lipinski definition) is 3. The van der Waals surface area contributed by atoms with Gasteiger partial charge >= 0.3 is 0 Å². The molecule has 1 fully saturated rings. The second kappa shape index (κ2) is 7.60. The maximum Gasteiger partial charge on any atom is 0.243 e. The van der Waals surface area contributed by atoms with Gasteiger partial charge in [-0.05, 0) is 37.5 Å². The van der Waals surface area contributed by atoms with Crippen molar-refractivity contribution in [3.63, 3.8) is 0 Å². The van der Waals surface area contributed by atoms with Gasteiger partial charge in [0.1, 0.15) is 0 Å². The van der Waals surface area contributed by atoms with E-state index in [2.05, 4.69) is 5.32 Å². The average Bonchev–Trinajstić information content (AvgIpc) is 2.67. The van der Waals surface area contributed by atoms with Crippen molar-refractivity contribution in [2.24, 2.45) is 5.41 Å². The molecular formula is C20H24N2O3S. The van der Waals surface area contributed by atoms with Gasteiger partial charge < -0.3 is 5.32 Å². The van der Waals surface area contributed by atoms with Crippen molar-refractivity contribution in [2.75, 3.05) is 13.1 Å². The molecule has 1 amide bonds.